The molecule has 144 valence electrons. The van der Waals surface area contributed by atoms with Gasteiger partial charge in [-0.1, -0.05) is 39.2 Å². The molecule has 2 heterocycles. The number of guanidine groups is 1. The Balaban J connectivity index is 1.71. The van der Waals surface area contributed by atoms with Gasteiger partial charge < -0.3 is 10.6 Å². The van der Waals surface area contributed by atoms with Gasteiger partial charge in [-0.25, -0.2) is 0 Å². The summed E-state index contributed by atoms with van der Waals surface area (Å²) >= 11 is 0. The average molecular weight is 359 g/mol. The minimum Gasteiger partial charge on any atom is -0.356 e. The minimum absolute atomic E-state index is 0.737. The van der Waals surface area contributed by atoms with Crippen molar-refractivity contribution in [2.75, 3.05) is 20.1 Å². The van der Waals surface area contributed by atoms with E-state index in [1.165, 1.54) is 32.1 Å². The van der Waals surface area contributed by atoms with Crippen LogP contribution in [-0.2, 0) is 6.42 Å². The summed E-state index contributed by atoms with van der Waals surface area (Å²) in [5.74, 6) is 2.64. The highest BCUT2D eigenvalue weighted by Crippen LogP contribution is 2.13. The van der Waals surface area contributed by atoms with Crippen LogP contribution in [0.25, 0.3) is 5.65 Å². The summed E-state index contributed by atoms with van der Waals surface area (Å²) in [6.45, 7) is 6.40. The molecule has 0 fully saturated rings. The lowest BCUT2D eigenvalue weighted by molar-refractivity contribution is 0.423. The van der Waals surface area contributed by atoms with Gasteiger partial charge in [0, 0.05) is 32.8 Å². The van der Waals surface area contributed by atoms with Gasteiger partial charge in [0.25, 0.3) is 0 Å². The average Bonchev–Trinajstić information content (AvgIpc) is 3.08. The molecule has 6 nitrogen and oxygen atoms in total. The normalized spacial score (nSPS) is 13.1. The van der Waals surface area contributed by atoms with Gasteiger partial charge in [-0.3, -0.25) is 9.39 Å². The molecule has 1 unspecified atom stereocenters. The number of unbranched alkanes of at least 4 members (excludes halogenated alkanes) is 1. The summed E-state index contributed by atoms with van der Waals surface area (Å²) in [7, 11) is 1.84. The van der Waals surface area contributed by atoms with E-state index in [4.69, 9.17) is 0 Å². The van der Waals surface area contributed by atoms with E-state index in [1.54, 1.807) is 0 Å². The lowest BCUT2D eigenvalue weighted by atomic mass is 9.97. The number of hydrogen-bond acceptors (Lipinski definition) is 3. The lowest BCUT2D eigenvalue weighted by Gasteiger charge is -2.19. The van der Waals surface area contributed by atoms with E-state index in [-0.39, 0.29) is 0 Å². The number of aliphatic imine (C=N–C) groups is 1. The number of pyridine rings is 1. The summed E-state index contributed by atoms with van der Waals surface area (Å²) in [5, 5.41) is 15.4. The molecule has 6 heteroatoms. The Kier molecular flexibility index (Phi) is 8.93. The summed E-state index contributed by atoms with van der Waals surface area (Å²) in [4.78, 5) is 4.35. The Morgan fingerprint density at radius 3 is 2.77 bits per heavy atom. The van der Waals surface area contributed by atoms with Gasteiger partial charge in [0.15, 0.2) is 11.6 Å². The van der Waals surface area contributed by atoms with Crippen LogP contribution in [0.1, 0.15) is 58.2 Å². The van der Waals surface area contributed by atoms with Crippen LogP contribution >= 0.6 is 0 Å². The lowest BCUT2D eigenvalue weighted by Crippen LogP contribution is -2.40. The molecule has 2 aromatic rings. The third-order valence-corrected chi connectivity index (χ3v) is 4.70. The van der Waals surface area contributed by atoms with Crippen molar-refractivity contribution in [1.82, 2.24) is 25.2 Å². The molecule has 0 saturated carbocycles. The van der Waals surface area contributed by atoms with Crippen LogP contribution in [-0.4, -0.2) is 40.7 Å². The second kappa shape index (κ2) is 11.5. The first-order valence-electron chi connectivity index (χ1n) is 10.0. The van der Waals surface area contributed by atoms with E-state index in [9.17, 15) is 0 Å². The highest BCUT2D eigenvalue weighted by Gasteiger charge is 2.09. The van der Waals surface area contributed by atoms with Crippen LogP contribution in [0.15, 0.2) is 29.4 Å². The minimum atomic E-state index is 0.737. The number of nitrogens with zero attached hydrogens (tertiary/aromatic N) is 4. The highest BCUT2D eigenvalue weighted by atomic mass is 15.2. The molecule has 0 amide bonds. The first-order chi connectivity index (χ1) is 12.8. The third kappa shape index (κ3) is 6.32. The van der Waals surface area contributed by atoms with E-state index in [2.05, 4.69) is 44.1 Å². The number of aromatic nitrogens is 3. The molecule has 1 atom stereocenters. The summed E-state index contributed by atoms with van der Waals surface area (Å²) in [5.41, 5.74) is 0.905. The Morgan fingerprint density at radius 1 is 1.12 bits per heavy atom. The summed E-state index contributed by atoms with van der Waals surface area (Å²) in [6.07, 6.45) is 10.3. The van der Waals surface area contributed by atoms with Crippen molar-refractivity contribution in [2.24, 2.45) is 10.9 Å². The summed E-state index contributed by atoms with van der Waals surface area (Å²) < 4.78 is 2.05. The van der Waals surface area contributed by atoms with Crippen molar-refractivity contribution < 1.29 is 0 Å². The first kappa shape index (κ1) is 20.2. The molecule has 0 aliphatic carbocycles. The Hall–Kier alpha value is -2.11. The molecule has 0 aliphatic rings. The Morgan fingerprint density at radius 2 is 2.00 bits per heavy atom. The zero-order valence-electron chi connectivity index (χ0n) is 16.5. The Bertz CT molecular complexity index is 663. The van der Waals surface area contributed by atoms with Crippen molar-refractivity contribution in [2.45, 2.75) is 58.8 Å². The quantitative estimate of drug-likeness (QED) is 0.367. The molecule has 0 aliphatic heterocycles. The maximum atomic E-state index is 4.35. The van der Waals surface area contributed by atoms with Crippen molar-refractivity contribution in [3.05, 3.63) is 30.2 Å². The molecule has 0 radical (unpaired) electrons. The number of hydrogen-bond donors (Lipinski definition) is 2. The maximum absolute atomic E-state index is 4.35. The number of nitrogens with one attached hydrogen (secondary N) is 2. The highest BCUT2D eigenvalue weighted by molar-refractivity contribution is 5.79. The van der Waals surface area contributed by atoms with Crippen LogP contribution in [0, 0.1) is 5.92 Å². The summed E-state index contributed by atoms with van der Waals surface area (Å²) in [6, 6.07) is 5.97. The molecular weight excluding hydrogens is 324 g/mol. The topological polar surface area (TPSA) is 66.6 Å². The molecular formula is C20H34N6. The molecule has 0 saturated heterocycles. The maximum Gasteiger partial charge on any atom is 0.190 e. The molecule has 0 spiro atoms. The fourth-order valence-electron chi connectivity index (χ4n) is 3.23. The van der Waals surface area contributed by atoms with Gasteiger partial charge in [-0.15, -0.1) is 10.2 Å². The van der Waals surface area contributed by atoms with Crippen molar-refractivity contribution in [3.8, 4) is 0 Å². The molecule has 0 bridgehead atoms. The zero-order valence-corrected chi connectivity index (χ0v) is 16.5. The monoisotopic (exact) mass is 358 g/mol. The standard InChI is InChI=1S/C20H34N6/c1-4-6-11-17(10-5-2)16-23-20(21-3)22-14-9-13-19-25-24-18-12-7-8-15-26(18)19/h7-8,12,15,17H,4-6,9-11,13-14,16H2,1-3H3,(H2,21,22,23). The van der Waals surface area contributed by atoms with Crippen LogP contribution in [0.2, 0.25) is 0 Å². The van der Waals surface area contributed by atoms with Crippen molar-refractivity contribution >= 4 is 11.6 Å². The molecule has 2 rings (SSSR count). The van der Waals surface area contributed by atoms with Crippen LogP contribution in [0.3, 0.4) is 0 Å². The van der Waals surface area contributed by atoms with Gasteiger partial charge in [-0.05, 0) is 37.3 Å². The fraction of sp³-hybridized carbons (Fsp3) is 0.650. The van der Waals surface area contributed by atoms with Crippen LogP contribution in [0.5, 0.6) is 0 Å². The van der Waals surface area contributed by atoms with Crippen molar-refractivity contribution in [3.63, 3.8) is 0 Å². The van der Waals surface area contributed by atoms with E-state index in [0.29, 0.717) is 0 Å². The van der Waals surface area contributed by atoms with Crippen LogP contribution in [0.4, 0.5) is 0 Å². The molecule has 26 heavy (non-hydrogen) atoms. The second-order valence-corrected chi connectivity index (χ2v) is 6.83. The van der Waals surface area contributed by atoms with Crippen molar-refractivity contribution in [1.29, 1.82) is 0 Å². The number of aryl methyl sites for hydroxylation is 1. The predicted molar refractivity (Wildman–Crippen MR) is 109 cm³/mol. The third-order valence-electron chi connectivity index (χ3n) is 4.70. The van der Waals surface area contributed by atoms with Crippen LogP contribution < -0.4 is 10.6 Å². The second-order valence-electron chi connectivity index (χ2n) is 6.83. The van der Waals surface area contributed by atoms with Gasteiger partial charge in [0.2, 0.25) is 0 Å². The SMILES string of the molecule is CCCCC(CCC)CNC(=NC)NCCCc1nnc2ccccn12. The largest absolute Gasteiger partial charge is 0.356 e. The Labute approximate surface area is 157 Å². The van der Waals surface area contributed by atoms with Gasteiger partial charge in [-0.2, -0.15) is 0 Å². The van der Waals surface area contributed by atoms with Gasteiger partial charge in [0.1, 0.15) is 5.82 Å². The zero-order chi connectivity index (χ0) is 18.6. The van der Waals surface area contributed by atoms with Gasteiger partial charge in [0.05, 0.1) is 0 Å². The molecule has 2 N–H and O–H groups in total. The van der Waals surface area contributed by atoms with Gasteiger partial charge >= 0.3 is 0 Å². The van der Waals surface area contributed by atoms with E-state index >= 15 is 0 Å². The molecule has 2 aromatic heterocycles. The number of rotatable bonds is 11. The fourth-order valence-corrected chi connectivity index (χ4v) is 3.23. The van der Waals surface area contributed by atoms with E-state index in [0.717, 1.165) is 49.3 Å². The van der Waals surface area contributed by atoms with E-state index in [1.807, 2.05) is 31.4 Å². The predicted octanol–water partition coefficient (Wildman–Crippen LogP) is 3.43. The smallest absolute Gasteiger partial charge is 0.190 e. The van der Waals surface area contributed by atoms with E-state index < -0.39 is 0 Å². The first-order valence-corrected chi connectivity index (χ1v) is 10.0. The molecule has 0 aromatic carbocycles. The number of fused-ring (bicyclic) bond motifs is 1.